The number of carbonyl (C=O) groups is 6. The van der Waals surface area contributed by atoms with Gasteiger partial charge in [0.1, 0.15) is 23.9 Å². The van der Waals surface area contributed by atoms with E-state index in [1.54, 1.807) is 0 Å². The molecule has 0 heterocycles. The molecule has 0 saturated carbocycles. The van der Waals surface area contributed by atoms with Gasteiger partial charge in [-0.15, -0.1) is 0 Å². The third-order valence-corrected chi connectivity index (χ3v) is 5.19. The summed E-state index contributed by atoms with van der Waals surface area (Å²) < 4.78 is 0. The molecule has 1 aromatic rings. The Morgan fingerprint density at radius 3 is 1.83 bits per heavy atom. The second-order valence-corrected chi connectivity index (χ2v) is 8.08. The van der Waals surface area contributed by atoms with E-state index in [4.69, 9.17) is 15.9 Å². The van der Waals surface area contributed by atoms with Gasteiger partial charge in [0.2, 0.25) is 17.7 Å². The number of carboxylic acid groups (broad SMARTS) is 3. The van der Waals surface area contributed by atoms with Crippen LogP contribution in [0, 0.1) is 0 Å². The quantitative estimate of drug-likeness (QED) is 0.113. The van der Waals surface area contributed by atoms with Gasteiger partial charge in [-0.05, 0) is 24.1 Å². The summed E-state index contributed by atoms with van der Waals surface area (Å²) in [6, 6.07) is -0.141. The highest BCUT2D eigenvalue weighted by molar-refractivity contribution is 7.80. The number of rotatable bonds is 15. The van der Waals surface area contributed by atoms with Crippen LogP contribution in [0.1, 0.15) is 24.8 Å². The molecule has 15 heteroatoms. The summed E-state index contributed by atoms with van der Waals surface area (Å²) >= 11 is 4.01. The standard InChI is InChI=1S/C21H28N4O10S/c22-12(5-6-16(27)28)18(31)25-15(9-36)20(33)23-13(7-10-1-3-11(26)4-2-10)19(32)24-14(21(34)35)8-17(29)30/h1-4,12-15,26,36H,5-9,22H2,(H,23,33)(H,24,32)(H,25,31)(H,27,28)(H,29,30)(H,34,35). The zero-order valence-corrected chi connectivity index (χ0v) is 19.8. The molecule has 0 aromatic heterocycles. The first-order valence-corrected chi connectivity index (χ1v) is 11.2. The van der Waals surface area contributed by atoms with Crippen LogP contribution in [-0.4, -0.2) is 86.0 Å². The normalized spacial score (nSPS) is 13.9. The molecule has 9 N–H and O–H groups in total. The predicted molar refractivity (Wildman–Crippen MR) is 126 cm³/mol. The Morgan fingerprint density at radius 2 is 1.33 bits per heavy atom. The molecule has 14 nitrogen and oxygen atoms in total. The van der Waals surface area contributed by atoms with E-state index >= 15 is 0 Å². The molecule has 4 atom stereocenters. The molecule has 1 aromatic carbocycles. The van der Waals surface area contributed by atoms with Crippen molar-refractivity contribution >= 4 is 48.3 Å². The molecule has 0 spiro atoms. The fourth-order valence-electron chi connectivity index (χ4n) is 2.88. The number of hydrogen-bond donors (Lipinski definition) is 9. The Bertz CT molecular complexity index is 972. The molecule has 0 aliphatic heterocycles. The zero-order valence-electron chi connectivity index (χ0n) is 18.9. The Hall–Kier alpha value is -3.85. The number of hydrogen-bond acceptors (Lipinski definition) is 9. The van der Waals surface area contributed by atoms with Crippen molar-refractivity contribution in [3.63, 3.8) is 0 Å². The van der Waals surface area contributed by atoms with Gasteiger partial charge >= 0.3 is 17.9 Å². The average molecular weight is 529 g/mol. The van der Waals surface area contributed by atoms with Crippen molar-refractivity contribution in [2.75, 3.05) is 5.75 Å². The van der Waals surface area contributed by atoms with Crippen molar-refractivity contribution in [3.05, 3.63) is 29.8 Å². The number of phenolic OH excluding ortho intramolecular Hbond substituents is 1. The second kappa shape index (κ2) is 14.5. The topological polar surface area (TPSA) is 245 Å². The van der Waals surface area contributed by atoms with Crippen molar-refractivity contribution in [2.45, 2.75) is 49.9 Å². The van der Waals surface area contributed by atoms with Gasteiger partial charge in [-0.25, -0.2) is 4.79 Å². The number of thiol groups is 1. The largest absolute Gasteiger partial charge is 0.508 e. The zero-order chi connectivity index (χ0) is 27.4. The maximum Gasteiger partial charge on any atom is 0.326 e. The van der Waals surface area contributed by atoms with Crippen LogP contribution in [0.25, 0.3) is 0 Å². The molecule has 0 aliphatic rings. The summed E-state index contributed by atoms with van der Waals surface area (Å²) in [6.07, 6.45) is -1.65. The third-order valence-electron chi connectivity index (χ3n) is 4.82. The number of carboxylic acids is 3. The fraction of sp³-hybridized carbons (Fsp3) is 0.429. The van der Waals surface area contributed by atoms with Crippen LogP contribution in [-0.2, 0) is 35.2 Å². The van der Waals surface area contributed by atoms with E-state index in [0.29, 0.717) is 5.56 Å². The van der Waals surface area contributed by atoms with Crippen LogP contribution in [0.15, 0.2) is 24.3 Å². The Morgan fingerprint density at radius 1 is 0.806 bits per heavy atom. The third kappa shape index (κ3) is 10.6. The number of nitrogens with two attached hydrogens (primary N) is 1. The lowest BCUT2D eigenvalue weighted by Crippen LogP contribution is -2.58. The van der Waals surface area contributed by atoms with E-state index < -0.39 is 66.2 Å². The lowest BCUT2D eigenvalue weighted by molar-refractivity contribution is -0.147. The average Bonchev–Trinajstić information content (AvgIpc) is 2.80. The Labute approximate surface area is 210 Å². The maximum atomic E-state index is 12.8. The molecule has 0 radical (unpaired) electrons. The molecule has 36 heavy (non-hydrogen) atoms. The lowest BCUT2D eigenvalue weighted by Gasteiger charge is -2.24. The highest BCUT2D eigenvalue weighted by Crippen LogP contribution is 2.12. The molecule has 0 bridgehead atoms. The molecule has 4 unspecified atom stereocenters. The van der Waals surface area contributed by atoms with E-state index in [9.17, 15) is 39.0 Å². The van der Waals surface area contributed by atoms with Gasteiger partial charge in [-0.3, -0.25) is 24.0 Å². The van der Waals surface area contributed by atoms with Crippen LogP contribution in [0.4, 0.5) is 0 Å². The summed E-state index contributed by atoms with van der Waals surface area (Å²) in [5.41, 5.74) is 6.09. The maximum absolute atomic E-state index is 12.8. The van der Waals surface area contributed by atoms with Crippen molar-refractivity contribution in [1.82, 2.24) is 16.0 Å². The van der Waals surface area contributed by atoms with Gasteiger partial charge in [0.05, 0.1) is 12.5 Å². The summed E-state index contributed by atoms with van der Waals surface area (Å²) in [4.78, 5) is 70.8. The number of aromatic hydroxyl groups is 1. The minimum atomic E-state index is -1.78. The Balaban J connectivity index is 3.03. The number of nitrogens with one attached hydrogen (secondary N) is 3. The van der Waals surface area contributed by atoms with Crippen molar-refractivity contribution in [1.29, 1.82) is 0 Å². The molecule has 0 aliphatic carbocycles. The predicted octanol–water partition coefficient (Wildman–Crippen LogP) is -1.93. The van der Waals surface area contributed by atoms with E-state index in [2.05, 4.69) is 28.6 Å². The van der Waals surface area contributed by atoms with Crippen LogP contribution in [0.5, 0.6) is 5.75 Å². The first-order chi connectivity index (χ1) is 16.8. The van der Waals surface area contributed by atoms with Crippen molar-refractivity contribution in [3.8, 4) is 5.75 Å². The van der Waals surface area contributed by atoms with E-state index in [0.717, 1.165) is 0 Å². The number of carbonyl (C=O) groups excluding carboxylic acids is 3. The van der Waals surface area contributed by atoms with Crippen LogP contribution in [0.3, 0.4) is 0 Å². The molecule has 0 saturated heterocycles. The minimum absolute atomic E-state index is 0.0618. The van der Waals surface area contributed by atoms with Gasteiger partial charge < -0.3 is 42.1 Å². The molecule has 1 rings (SSSR count). The molecular formula is C21H28N4O10S. The molecule has 0 fully saturated rings. The van der Waals surface area contributed by atoms with Crippen LogP contribution in [0.2, 0.25) is 0 Å². The van der Waals surface area contributed by atoms with Crippen molar-refractivity contribution < 1.29 is 49.2 Å². The summed E-state index contributed by atoms with van der Waals surface area (Å²) in [6.45, 7) is 0. The number of benzene rings is 1. The molecule has 3 amide bonds. The fourth-order valence-corrected chi connectivity index (χ4v) is 3.14. The van der Waals surface area contributed by atoms with Gasteiger partial charge in [-0.2, -0.15) is 12.6 Å². The summed E-state index contributed by atoms with van der Waals surface area (Å²) in [7, 11) is 0. The Kier molecular flexibility index (Phi) is 12.2. The highest BCUT2D eigenvalue weighted by atomic mass is 32.1. The smallest absolute Gasteiger partial charge is 0.326 e. The second-order valence-electron chi connectivity index (χ2n) is 7.71. The lowest BCUT2D eigenvalue weighted by atomic mass is 10.0. The SMILES string of the molecule is NC(CCC(=O)O)C(=O)NC(CS)C(=O)NC(Cc1ccc(O)cc1)C(=O)NC(CC(=O)O)C(=O)O. The monoisotopic (exact) mass is 528 g/mol. The van der Waals surface area contributed by atoms with Crippen LogP contribution < -0.4 is 21.7 Å². The number of phenols is 1. The van der Waals surface area contributed by atoms with Crippen molar-refractivity contribution in [2.24, 2.45) is 5.73 Å². The first kappa shape index (κ1) is 30.2. The minimum Gasteiger partial charge on any atom is -0.508 e. The first-order valence-electron chi connectivity index (χ1n) is 10.6. The van der Waals surface area contributed by atoms with E-state index in [1.165, 1.54) is 24.3 Å². The van der Waals surface area contributed by atoms with E-state index in [-0.39, 0.29) is 30.8 Å². The van der Waals surface area contributed by atoms with Gasteiger partial charge in [0.25, 0.3) is 0 Å². The number of amides is 3. The van der Waals surface area contributed by atoms with Gasteiger partial charge in [0.15, 0.2) is 0 Å². The number of aliphatic carboxylic acids is 3. The van der Waals surface area contributed by atoms with Crippen LogP contribution >= 0.6 is 12.6 Å². The van der Waals surface area contributed by atoms with Gasteiger partial charge in [-0.1, -0.05) is 12.1 Å². The highest BCUT2D eigenvalue weighted by Gasteiger charge is 2.31. The van der Waals surface area contributed by atoms with E-state index in [1.807, 2.05) is 0 Å². The summed E-state index contributed by atoms with van der Waals surface area (Å²) in [5.74, 6) is -7.23. The molecular weight excluding hydrogens is 500 g/mol. The molecule has 198 valence electrons. The van der Waals surface area contributed by atoms with Gasteiger partial charge in [0, 0.05) is 18.6 Å². The summed E-state index contributed by atoms with van der Waals surface area (Å²) in [5, 5.41) is 43.0.